The van der Waals surface area contributed by atoms with Crippen LogP contribution in [-0.2, 0) is 4.79 Å². The number of H-pyrrole nitrogens is 2. The summed E-state index contributed by atoms with van der Waals surface area (Å²) in [7, 11) is 0. The summed E-state index contributed by atoms with van der Waals surface area (Å²) in [6, 6.07) is 47.4. The van der Waals surface area contributed by atoms with Crippen LogP contribution in [0.25, 0.3) is 90.9 Å². The number of carboxylic acids is 1. The van der Waals surface area contributed by atoms with Crippen LogP contribution in [0, 0.1) is 10.8 Å². The number of rotatable bonds is 5. The number of nitrogens with two attached hydrogens (primary N) is 1. The fourth-order valence-corrected chi connectivity index (χ4v) is 7.27. The predicted molar refractivity (Wildman–Crippen MR) is 241 cm³/mol. The maximum atomic E-state index is 10.6. The Morgan fingerprint density at radius 3 is 1.13 bits per heavy atom. The summed E-state index contributed by atoms with van der Waals surface area (Å²) in [5.74, 6) is -3.16. The fourth-order valence-electron chi connectivity index (χ4n) is 7.27. The number of anilines is 1. The molecule has 3 aromatic heterocycles. The minimum absolute atomic E-state index is 0.0906. The zero-order valence-corrected chi connectivity index (χ0v) is 32.5. The van der Waals surface area contributed by atoms with Gasteiger partial charge in [0, 0.05) is 50.0 Å². The second kappa shape index (κ2) is 17.0. The van der Waals surface area contributed by atoms with Gasteiger partial charge in [-0.05, 0) is 83.0 Å². The van der Waals surface area contributed by atoms with Crippen LogP contribution in [0.1, 0.15) is 22.8 Å². The van der Waals surface area contributed by atoms with Gasteiger partial charge in [0.2, 0.25) is 0 Å². The highest BCUT2D eigenvalue weighted by molar-refractivity contribution is 6.03. The van der Waals surface area contributed by atoms with E-state index in [2.05, 4.69) is 118 Å². The molecule has 14 heteroatoms. The summed E-state index contributed by atoms with van der Waals surface area (Å²) >= 11 is 0. The van der Waals surface area contributed by atoms with E-state index >= 15 is 0 Å². The van der Waals surface area contributed by atoms with Gasteiger partial charge in [-0.15, -0.1) is 0 Å². The molecule has 0 spiro atoms. The van der Waals surface area contributed by atoms with Crippen LogP contribution < -0.4 is 16.4 Å². The number of nitrogens with zero attached hydrogens (tertiary/aromatic N) is 2. The molecule has 0 atom stereocenters. The number of nitrogens with one attached hydrogen (secondary N) is 6. The van der Waals surface area contributed by atoms with Gasteiger partial charge in [0.15, 0.2) is 11.9 Å². The van der Waals surface area contributed by atoms with E-state index in [4.69, 9.17) is 36.4 Å². The average Bonchev–Trinajstić information content (AvgIpc) is 4.10. The van der Waals surface area contributed by atoms with Crippen molar-refractivity contribution in [3.8, 4) is 44.5 Å². The van der Waals surface area contributed by atoms with E-state index in [1.165, 1.54) is 0 Å². The Hall–Kier alpha value is -8.52. The number of aromatic nitrogens is 4. The van der Waals surface area contributed by atoms with Crippen molar-refractivity contribution in [2.45, 2.75) is 6.18 Å². The number of carbonyl (C=O) groups is 1. The molecule has 306 valence electrons. The van der Waals surface area contributed by atoms with Crippen molar-refractivity contribution in [1.29, 1.82) is 10.8 Å². The zero-order chi connectivity index (χ0) is 43.4. The summed E-state index contributed by atoms with van der Waals surface area (Å²) in [6.07, 6.45) is 3.28. The van der Waals surface area contributed by atoms with Gasteiger partial charge in [0.05, 0.1) is 22.8 Å². The van der Waals surface area contributed by atoms with Crippen molar-refractivity contribution in [2.75, 3.05) is 5.32 Å². The zero-order valence-electron chi connectivity index (χ0n) is 32.5. The van der Waals surface area contributed by atoms with Crippen molar-refractivity contribution in [2.24, 2.45) is 5.73 Å². The van der Waals surface area contributed by atoms with Gasteiger partial charge in [-0.25, -0.2) is 14.8 Å². The van der Waals surface area contributed by atoms with Gasteiger partial charge >= 0.3 is 12.1 Å². The topological polar surface area (TPSA) is 192 Å². The molecule has 0 fully saturated rings. The summed E-state index contributed by atoms with van der Waals surface area (Å²) in [5, 5.41) is 28.1. The molecule has 4 aromatic carbocycles. The highest BCUT2D eigenvalue weighted by atomic mass is 19.4. The number of carboxylic acid groups (broad SMARTS) is 1. The highest BCUT2D eigenvalue weighted by Gasteiger charge is 2.38. The third-order valence-corrected chi connectivity index (χ3v) is 9.89. The molecule has 9 rings (SSSR count). The molecule has 9 N–H and O–H groups in total. The van der Waals surface area contributed by atoms with E-state index in [1.807, 2.05) is 66.7 Å². The number of hydrogen-bond donors (Lipinski definition) is 8. The number of guanidine groups is 2. The first-order valence-electron chi connectivity index (χ1n) is 19.1. The molecule has 0 saturated carbocycles. The van der Waals surface area contributed by atoms with Crippen molar-refractivity contribution >= 4 is 69.9 Å². The van der Waals surface area contributed by atoms with E-state index < -0.39 is 12.1 Å². The molecule has 62 heavy (non-hydrogen) atoms. The van der Waals surface area contributed by atoms with E-state index in [-0.39, 0.29) is 11.9 Å². The molecule has 5 heterocycles. The summed E-state index contributed by atoms with van der Waals surface area (Å²) in [4.78, 5) is 27.2. The molecule has 11 nitrogen and oxygen atoms in total. The third-order valence-electron chi connectivity index (χ3n) is 9.89. The first kappa shape index (κ1) is 40.3. The van der Waals surface area contributed by atoms with Crippen LogP contribution in [0.3, 0.4) is 0 Å². The van der Waals surface area contributed by atoms with Crippen molar-refractivity contribution in [1.82, 2.24) is 25.3 Å². The van der Waals surface area contributed by atoms with Crippen molar-refractivity contribution in [3.63, 3.8) is 0 Å². The predicted octanol–water partition coefficient (Wildman–Crippen LogP) is 10.8. The quantitative estimate of drug-likeness (QED) is 0.0625. The fraction of sp³-hybridized carbons (Fsp3) is 0.0208. The SMILES string of the molecule is N=C(N)NC(=N)Nc1ccc(-c2c3nc(c(-c4ccccc4)c4ccc([nH]4)c(-c4ccccc4)c4nc(c(-c5ccccc5)c5ccc2[nH]5)C=C4)C=C3)cc1.O=C(O)C(F)(F)F. The Bertz CT molecular complexity index is 3030. The van der Waals surface area contributed by atoms with Crippen LogP contribution in [0.2, 0.25) is 0 Å². The lowest BCUT2D eigenvalue weighted by Crippen LogP contribution is -2.39. The van der Waals surface area contributed by atoms with Crippen LogP contribution in [0.4, 0.5) is 18.9 Å². The van der Waals surface area contributed by atoms with Crippen LogP contribution in [0.5, 0.6) is 0 Å². The van der Waals surface area contributed by atoms with Gasteiger partial charge in [-0.2, -0.15) is 13.2 Å². The maximum Gasteiger partial charge on any atom is 0.490 e. The second-order valence-electron chi connectivity index (χ2n) is 14.0. The van der Waals surface area contributed by atoms with E-state index in [1.54, 1.807) is 0 Å². The maximum absolute atomic E-state index is 10.6. The number of aliphatic carboxylic acids is 1. The molecule has 0 amide bonds. The van der Waals surface area contributed by atoms with Gasteiger partial charge in [0.25, 0.3) is 0 Å². The van der Waals surface area contributed by atoms with E-state index in [9.17, 15) is 13.2 Å². The Labute approximate surface area is 352 Å². The monoisotopic (exact) mass is 827 g/mol. The molecule has 8 bridgehead atoms. The van der Waals surface area contributed by atoms with Crippen LogP contribution in [-0.4, -0.2) is 49.1 Å². The van der Waals surface area contributed by atoms with Crippen LogP contribution >= 0.6 is 0 Å². The minimum atomic E-state index is -5.08. The Balaban J connectivity index is 0.000000698. The number of fused-ring (bicyclic) bond motifs is 8. The lowest BCUT2D eigenvalue weighted by atomic mass is 10.0. The summed E-state index contributed by atoms with van der Waals surface area (Å²) in [5.41, 5.74) is 21.1. The molecule has 2 aliphatic heterocycles. The number of aromatic amines is 2. The molecular weight excluding hydrogens is 792 g/mol. The standard InChI is InChI=1S/C46H35N9.C2HF3O2/c47-45(48)55-46(49)50-32-18-16-31(17-19-32)44-39-26-24-37(53-39)42(29-12-6-2-7-13-29)35-22-20-33(51-35)41(28-10-4-1-5-11-28)34-21-23-36(52-34)43(30-14-8-3-9-15-30)38-25-27-40(44)54-38;3-2(4,5)1(6)7/h1-27,51,54H,(H6,47,48,49,50,55);(H,6,7). The summed E-state index contributed by atoms with van der Waals surface area (Å²) < 4.78 is 31.7. The third kappa shape index (κ3) is 8.60. The molecule has 0 unspecified atom stereocenters. The van der Waals surface area contributed by atoms with Gasteiger partial charge in [-0.3, -0.25) is 16.1 Å². The van der Waals surface area contributed by atoms with Gasteiger partial charge in [-0.1, -0.05) is 103 Å². The molecule has 0 aliphatic carbocycles. The molecule has 0 radical (unpaired) electrons. The number of alkyl halides is 3. The van der Waals surface area contributed by atoms with Crippen LogP contribution in [0.15, 0.2) is 140 Å². The number of hydrogen-bond acceptors (Lipinski definition) is 5. The van der Waals surface area contributed by atoms with E-state index in [0.717, 1.165) is 89.4 Å². The lowest BCUT2D eigenvalue weighted by Gasteiger charge is -2.10. The van der Waals surface area contributed by atoms with E-state index in [0.29, 0.717) is 5.69 Å². The Morgan fingerprint density at radius 2 is 0.839 bits per heavy atom. The highest BCUT2D eigenvalue weighted by Crippen LogP contribution is 2.38. The first-order chi connectivity index (χ1) is 29.9. The smallest absolute Gasteiger partial charge is 0.475 e. The molecule has 7 aromatic rings. The normalized spacial score (nSPS) is 11.7. The van der Waals surface area contributed by atoms with Gasteiger partial charge in [0.1, 0.15) is 0 Å². The number of benzene rings is 4. The number of halogens is 3. The molecule has 0 saturated heterocycles. The largest absolute Gasteiger partial charge is 0.490 e. The van der Waals surface area contributed by atoms with Crippen molar-refractivity contribution in [3.05, 3.63) is 162 Å². The van der Waals surface area contributed by atoms with Crippen molar-refractivity contribution < 1.29 is 23.1 Å². The average molecular weight is 828 g/mol. The molecular formula is C48H36F3N9O2. The first-order valence-corrected chi connectivity index (χ1v) is 19.1. The Kier molecular flexibility index (Phi) is 11.0. The second-order valence-corrected chi connectivity index (χ2v) is 14.0. The molecule has 2 aliphatic rings. The Morgan fingerprint density at radius 1 is 0.532 bits per heavy atom. The van der Waals surface area contributed by atoms with Gasteiger partial charge < -0.3 is 26.1 Å². The lowest BCUT2D eigenvalue weighted by molar-refractivity contribution is -0.192. The minimum Gasteiger partial charge on any atom is -0.475 e. The summed E-state index contributed by atoms with van der Waals surface area (Å²) in [6.45, 7) is 0.